The van der Waals surface area contributed by atoms with Crippen molar-refractivity contribution in [1.82, 2.24) is 0 Å². The molecule has 0 radical (unpaired) electrons. The molecule has 0 aliphatic rings. The molecule has 0 heterocycles. The van der Waals surface area contributed by atoms with Crippen molar-refractivity contribution in [2.24, 2.45) is 0 Å². The number of rotatable bonds is 6. The minimum absolute atomic E-state index is 0.723. The van der Waals surface area contributed by atoms with E-state index in [9.17, 15) is 0 Å². The Morgan fingerprint density at radius 1 is 1.09 bits per heavy atom. The smallest absolute Gasteiger partial charge is 0.120 e. The molecule has 1 heteroatoms. The van der Waals surface area contributed by atoms with Gasteiger partial charge < -0.3 is 0 Å². The Morgan fingerprint density at radius 3 is 2.36 bits per heavy atom. The Kier molecular flexibility index (Phi) is 7.77. The van der Waals surface area contributed by atoms with Crippen LogP contribution >= 0.6 is 0 Å². The zero-order valence-corrected chi connectivity index (χ0v) is 8.27. The summed E-state index contributed by atoms with van der Waals surface area (Å²) < 4.78 is 0. The summed E-state index contributed by atoms with van der Waals surface area (Å²) in [5, 5.41) is 0. The van der Waals surface area contributed by atoms with Crippen LogP contribution in [0.3, 0.4) is 0 Å². The maximum absolute atomic E-state index is 2.32. The van der Waals surface area contributed by atoms with Crippen LogP contribution in [0, 0.1) is 0 Å². The zero-order chi connectivity index (χ0) is 8.53. The van der Waals surface area contributed by atoms with E-state index in [4.69, 9.17) is 0 Å². The Bertz CT molecular complexity index is 95.0. The minimum atomic E-state index is 0.723. The molecule has 0 aromatic rings. The van der Waals surface area contributed by atoms with Crippen LogP contribution in [0.15, 0.2) is 12.1 Å². The molecule has 0 N–H and O–H groups in total. The van der Waals surface area contributed by atoms with Gasteiger partial charge in [0, 0.05) is 0 Å². The largest absolute Gasteiger partial charge is 0.159 e. The summed E-state index contributed by atoms with van der Waals surface area (Å²) in [4.78, 5) is 0. The first-order chi connectivity index (χ1) is 5.27. The van der Waals surface area contributed by atoms with Gasteiger partial charge in [-0.3, -0.25) is 0 Å². The monoisotopic (exact) mass is 152 g/mol. The number of unbranched alkanes of at least 4 members (excludes halogenated alkanes) is 4. The zero-order valence-electron chi connectivity index (χ0n) is 8.27. The molecule has 0 aliphatic heterocycles. The van der Waals surface area contributed by atoms with Gasteiger partial charge in [0.05, 0.1) is 0 Å². The molecule has 0 aromatic carbocycles. The van der Waals surface area contributed by atoms with Crippen molar-refractivity contribution in [3.05, 3.63) is 12.1 Å². The van der Waals surface area contributed by atoms with Crippen LogP contribution in [0.2, 0.25) is 13.6 Å². The molecule has 0 atom stereocenters. The Balaban J connectivity index is 3.01. The fraction of sp³-hybridized carbons (Fsp3) is 0.800. The van der Waals surface area contributed by atoms with Gasteiger partial charge in [0.15, 0.2) is 6.71 Å². The molecule has 11 heavy (non-hydrogen) atoms. The second-order valence-electron chi connectivity index (χ2n) is 3.52. The van der Waals surface area contributed by atoms with E-state index in [1.165, 1.54) is 32.1 Å². The molecule has 0 saturated heterocycles. The normalized spacial score (nSPS) is 10.8. The average Bonchev–Trinajstić information content (AvgIpc) is 1.96. The van der Waals surface area contributed by atoms with E-state index in [1.54, 1.807) is 0 Å². The molecule has 0 aliphatic carbocycles. The summed E-state index contributed by atoms with van der Waals surface area (Å²) in [5.41, 5.74) is 0. The number of hydrogen-bond donors (Lipinski definition) is 0. The lowest BCUT2D eigenvalue weighted by Crippen LogP contribution is -1.91. The topological polar surface area (TPSA) is 0 Å². The third-order valence-corrected chi connectivity index (χ3v) is 1.75. The van der Waals surface area contributed by atoms with Crippen LogP contribution in [-0.4, -0.2) is 6.71 Å². The standard InChI is InChI=1S/C10H21B/c1-4-5-6-7-8-9-10-11(2)3/h9-10H,4-8H2,1-3H3. The summed E-state index contributed by atoms with van der Waals surface area (Å²) in [5.74, 6) is 2.30. The van der Waals surface area contributed by atoms with E-state index in [0.29, 0.717) is 0 Å². The summed E-state index contributed by atoms with van der Waals surface area (Å²) in [6.45, 7) is 7.43. The van der Waals surface area contributed by atoms with Gasteiger partial charge in [-0.1, -0.05) is 45.9 Å². The maximum atomic E-state index is 2.32. The fourth-order valence-corrected chi connectivity index (χ4v) is 1.06. The highest BCUT2D eigenvalue weighted by molar-refractivity contribution is 6.61. The van der Waals surface area contributed by atoms with Crippen molar-refractivity contribution in [1.29, 1.82) is 0 Å². The molecule has 0 spiro atoms. The first-order valence-electron chi connectivity index (χ1n) is 4.94. The maximum Gasteiger partial charge on any atom is 0.159 e. The quantitative estimate of drug-likeness (QED) is 0.401. The predicted molar refractivity (Wildman–Crippen MR) is 55.4 cm³/mol. The average molecular weight is 152 g/mol. The van der Waals surface area contributed by atoms with Crippen LogP contribution < -0.4 is 0 Å². The lowest BCUT2D eigenvalue weighted by Gasteiger charge is -1.94. The minimum Gasteiger partial charge on any atom is -0.120 e. The van der Waals surface area contributed by atoms with Gasteiger partial charge in [-0.25, -0.2) is 0 Å². The van der Waals surface area contributed by atoms with Gasteiger partial charge in [0.1, 0.15) is 0 Å². The first kappa shape index (κ1) is 10.8. The van der Waals surface area contributed by atoms with Gasteiger partial charge >= 0.3 is 0 Å². The van der Waals surface area contributed by atoms with Crippen molar-refractivity contribution in [2.75, 3.05) is 0 Å². The highest BCUT2D eigenvalue weighted by Gasteiger charge is 1.88. The summed E-state index contributed by atoms with van der Waals surface area (Å²) in [6.07, 6.45) is 9.11. The van der Waals surface area contributed by atoms with E-state index in [1.807, 2.05) is 0 Å². The SMILES string of the molecule is CCCCCCC=CB(C)C. The van der Waals surface area contributed by atoms with E-state index in [0.717, 1.165) is 6.71 Å². The third-order valence-electron chi connectivity index (χ3n) is 1.75. The van der Waals surface area contributed by atoms with Crippen molar-refractivity contribution < 1.29 is 0 Å². The lowest BCUT2D eigenvalue weighted by molar-refractivity contribution is 0.674. The molecule has 0 fully saturated rings. The van der Waals surface area contributed by atoms with Gasteiger partial charge in [-0.15, -0.1) is 5.98 Å². The Labute approximate surface area is 72.2 Å². The van der Waals surface area contributed by atoms with Gasteiger partial charge in [0.25, 0.3) is 0 Å². The van der Waals surface area contributed by atoms with E-state index < -0.39 is 0 Å². The van der Waals surface area contributed by atoms with E-state index in [2.05, 4.69) is 32.6 Å². The molecule has 0 aromatic heterocycles. The Hall–Kier alpha value is -0.195. The molecule has 0 unspecified atom stereocenters. The van der Waals surface area contributed by atoms with Crippen LogP contribution in [0.4, 0.5) is 0 Å². The highest BCUT2D eigenvalue weighted by Crippen LogP contribution is 2.02. The molecule has 0 nitrogen and oxygen atoms in total. The Morgan fingerprint density at radius 2 is 1.82 bits per heavy atom. The van der Waals surface area contributed by atoms with Crippen LogP contribution in [0.1, 0.15) is 39.0 Å². The van der Waals surface area contributed by atoms with Crippen LogP contribution in [0.25, 0.3) is 0 Å². The predicted octanol–water partition coefficient (Wildman–Crippen LogP) is 3.81. The van der Waals surface area contributed by atoms with Crippen LogP contribution in [-0.2, 0) is 0 Å². The molecule has 0 saturated carbocycles. The number of hydrogen-bond acceptors (Lipinski definition) is 0. The fourth-order valence-electron chi connectivity index (χ4n) is 1.06. The molecule has 64 valence electrons. The van der Waals surface area contributed by atoms with Gasteiger partial charge in [-0.05, 0) is 12.8 Å². The first-order valence-corrected chi connectivity index (χ1v) is 4.94. The lowest BCUT2D eigenvalue weighted by atomic mass is 9.55. The molecule has 0 rings (SSSR count). The van der Waals surface area contributed by atoms with Gasteiger partial charge in [0.2, 0.25) is 0 Å². The summed E-state index contributed by atoms with van der Waals surface area (Å²) >= 11 is 0. The summed E-state index contributed by atoms with van der Waals surface area (Å²) in [6, 6.07) is 0. The van der Waals surface area contributed by atoms with Crippen molar-refractivity contribution >= 4 is 6.71 Å². The molecule has 0 bridgehead atoms. The molecular weight excluding hydrogens is 131 g/mol. The van der Waals surface area contributed by atoms with Crippen molar-refractivity contribution in [2.45, 2.75) is 52.7 Å². The summed E-state index contributed by atoms with van der Waals surface area (Å²) in [7, 11) is 0. The molecular formula is C10H21B. The van der Waals surface area contributed by atoms with Crippen molar-refractivity contribution in [3.63, 3.8) is 0 Å². The molecule has 0 amide bonds. The second kappa shape index (κ2) is 7.91. The number of allylic oxidation sites excluding steroid dienone is 1. The highest BCUT2D eigenvalue weighted by atomic mass is 13.9. The van der Waals surface area contributed by atoms with E-state index >= 15 is 0 Å². The van der Waals surface area contributed by atoms with Crippen LogP contribution in [0.5, 0.6) is 0 Å². The van der Waals surface area contributed by atoms with Crippen molar-refractivity contribution in [3.8, 4) is 0 Å². The van der Waals surface area contributed by atoms with Gasteiger partial charge in [-0.2, -0.15) is 0 Å². The second-order valence-corrected chi connectivity index (χ2v) is 3.52. The van der Waals surface area contributed by atoms with E-state index in [-0.39, 0.29) is 0 Å². The third kappa shape index (κ3) is 9.80.